The van der Waals surface area contributed by atoms with Crippen LogP contribution in [0.5, 0.6) is 0 Å². The molecule has 57 heavy (non-hydrogen) atoms. The van der Waals surface area contributed by atoms with Crippen LogP contribution in [0.1, 0.15) is 12.7 Å². The van der Waals surface area contributed by atoms with Crippen molar-refractivity contribution in [2.45, 2.75) is 12.3 Å². The SMILES string of the molecule is [B]/C(C)=C([B])/C([B])=c1/c(-c2ccc(-n3c(C([B])([B])O)nc4ccccc43)cc2)c2c([B])c([B])c([B])c([B])c2c(-c2ccc3c4c(cccc24)-c2ccccc2-3)c1=[B]. The van der Waals surface area contributed by atoms with E-state index in [4.69, 9.17) is 78.1 Å². The van der Waals surface area contributed by atoms with Gasteiger partial charge in [0.2, 0.25) is 0 Å². The standard InChI is InChI=1S/C44H21B10N2O/c1-19(45)36(46)40(50)35-30(20-13-15-21(16-14-20)56-29-12-5-4-11-28(29)55-43(56)44(53,54)57)33-34(39(49)42(52)41(51)38(33)48)32(37(35)47)27-18-17-26-23-8-3-2-7-22(23)24-9-6-10-25(27)31(24)26/h2-18,57H,1H3/b36-19-,40-35+. The van der Waals surface area contributed by atoms with Gasteiger partial charge in [-0.3, -0.25) is 0 Å². The maximum absolute atomic E-state index is 10.7. The van der Waals surface area contributed by atoms with Gasteiger partial charge < -0.3 is 0 Å². The number of rotatable bonds is 5. The van der Waals surface area contributed by atoms with Gasteiger partial charge >= 0.3 is 345 Å². The van der Waals surface area contributed by atoms with Gasteiger partial charge in [-0.25, -0.2) is 0 Å². The molecule has 13 heteroatoms. The molecule has 1 aliphatic rings. The Morgan fingerprint density at radius 3 is 1.81 bits per heavy atom. The van der Waals surface area contributed by atoms with Gasteiger partial charge in [0.1, 0.15) is 0 Å². The van der Waals surface area contributed by atoms with Crippen LogP contribution < -0.4 is 27.1 Å². The van der Waals surface area contributed by atoms with Gasteiger partial charge in [-0.15, -0.1) is 0 Å². The van der Waals surface area contributed by atoms with E-state index in [-0.39, 0.29) is 49.2 Å². The number of allylic oxidation sites excluding steroid dienone is 2. The van der Waals surface area contributed by atoms with E-state index < -0.39 is 5.40 Å². The van der Waals surface area contributed by atoms with Crippen LogP contribution in [0.2, 0.25) is 0 Å². The summed E-state index contributed by atoms with van der Waals surface area (Å²) in [5, 5.41) is 12.1. The van der Waals surface area contributed by atoms with Crippen molar-refractivity contribution in [2.24, 2.45) is 0 Å². The van der Waals surface area contributed by atoms with Gasteiger partial charge in [-0.2, -0.15) is 0 Å². The van der Waals surface area contributed by atoms with Crippen molar-refractivity contribution in [1.82, 2.24) is 9.55 Å². The molecule has 0 atom stereocenters. The first-order valence-corrected chi connectivity index (χ1v) is 18.1. The van der Waals surface area contributed by atoms with E-state index in [1.165, 1.54) is 0 Å². The Morgan fingerprint density at radius 2 is 1.18 bits per heavy atom. The Balaban J connectivity index is 1.42. The van der Waals surface area contributed by atoms with Crippen LogP contribution in [0.4, 0.5) is 0 Å². The molecule has 19 radical (unpaired) electrons. The molecule has 0 aliphatic heterocycles. The second-order valence-electron chi connectivity index (χ2n) is 14.5. The average Bonchev–Trinajstić information content (AvgIpc) is 3.76. The summed E-state index contributed by atoms with van der Waals surface area (Å²) in [6, 6.07) is 33.3. The molecule has 9 rings (SSSR count). The molecule has 1 aromatic heterocycles. The van der Waals surface area contributed by atoms with E-state index >= 15 is 0 Å². The number of hydrogen-bond donors (Lipinski definition) is 1. The van der Waals surface area contributed by atoms with Crippen LogP contribution in [0.3, 0.4) is 0 Å². The molecular weight excluding hydrogens is 681 g/mol. The van der Waals surface area contributed by atoms with Crippen molar-refractivity contribution in [1.29, 1.82) is 0 Å². The third kappa shape index (κ3) is 5.52. The number of benzene rings is 7. The number of hydrogen-bond acceptors (Lipinski definition) is 2. The van der Waals surface area contributed by atoms with Gasteiger partial charge in [-0.1, -0.05) is 0 Å². The number of aliphatic hydroxyl groups is 1. The summed E-state index contributed by atoms with van der Waals surface area (Å²) in [6.07, 6.45) is 0. The fraction of sp³-hybridized carbons (Fsp3) is 0.0455. The van der Waals surface area contributed by atoms with Crippen LogP contribution in [-0.4, -0.2) is 92.8 Å². The van der Waals surface area contributed by atoms with Crippen molar-refractivity contribution >= 4 is 138 Å². The molecule has 0 fully saturated rings. The number of nitrogens with zero attached hydrogens (tertiary/aromatic N) is 2. The van der Waals surface area contributed by atoms with Gasteiger partial charge in [0.05, 0.1) is 0 Å². The molecular formula is C44H21B10N2O. The monoisotopic (exact) mass is 703 g/mol. The van der Waals surface area contributed by atoms with Gasteiger partial charge in [0, 0.05) is 0 Å². The molecule has 0 amide bonds. The van der Waals surface area contributed by atoms with Gasteiger partial charge in [0.15, 0.2) is 0 Å². The quantitative estimate of drug-likeness (QED) is 0.280. The third-order valence-corrected chi connectivity index (χ3v) is 11.1. The number of fused-ring (bicyclic) bond motifs is 5. The molecule has 0 saturated carbocycles. The van der Waals surface area contributed by atoms with E-state index in [0.717, 1.165) is 38.6 Å². The van der Waals surface area contributed by atoms with Crippen LogP contribution in [-0.2, 0) is 5.40 Å². The molecule has 7 aromatic carbocycles. The van der Waals surface area contributed by atoms with Gasteiger partial charge in [-0.05, 0) is 0 Å². The molecule has 0 saturated heterocycles. The summed E-state index contributed by atoms with van der Waals surface area (Å²) in [5.41, 5.74) is 9.96. The van der Waals surface area contributed by atoms with Crippen LogP contribution in [0.25, 0.3) is 88.2 Å². The molecule has 1 aliphatic carbocycles. The Kier molecular flexibility index (Phi) is 8.79. The van der Waals surface area contributed by atoms with Crippen molar-refractivity contribution in [3.8, 4) is 50.2 Å². The zero-order valence-electron chi connectivity index (χ0n) is 30.9. The zero-order chi connectivity index (χ0) is 40.2. The van der Waals surface area contributed by atoms with E-state index in [1.54, 1.807) is 17.6 Å². The van der Waals surface area contributed by atoms with Crippen molar-refractivity contribution in [3.05, 3.63) is 130 Å². The van der Waals surface area contributed by atoms with Gasteiger partial charge in [0.25, 0.3) is 0 Å². The number of imidazole rings is 1. The Labute approximate surface area is 343 Å². The maximum atomic E-state index is 10.7. The first-order valence-electron chi connectivity index (χ1n) is 18.1. The van der Waals surface area contributed by atoms with E-state index in [0.29, 0.717) is 49.4 Å². The van der Waals surface area contributed by atoms with Crippen LogP contribution >= 0.6 is 0 Å². The van der Waals surface area contributed by atoms with Crippen molar-refractivity contribution in [3.63, 3.8) is 0 Å². The Hall–Kier alpha value is -5.25. The fourth-order valence-electron chi connectivity index (χ4n) is 8.42. The Morgan fingerprint density at radius 1 is 0.614 bits per heavy atom. The first kappa shape index (κ1) is 37.3. The number of para-hydroxylation sites is 2. The molecule has 3 nitrogen and oxygen atoms in total. The second-order valence-corrected chi connectivity index (χ2v) is 14.5. The molecule has 0 unspecified atom stereocenters. The van der Waals surface area contributed by atoms with Crippen LogP contribution in [0.15, 0.2) is 114 Å². The minimum absolute atomic E-state index is 0.0406. The average molecular weight is 702 g/mol. The Bertz CT molecular complexity index is 3190. The predicted molar refractivity (Wildman–Crippen MR) is 246 cm³/mol. The van der Waals surface area contributed by atoms with Crippen molar-refractivity contribution < 1.29 is 5.11 Å². The summed E-state index contributed by atoms with van der Waals surface area (Å²) in [7, 11) is 66.6. The van der Waals surface area contributed by atoms with E-state index in [9.17, 15) is 5.11 Å². The molecule has 243 valence electrons. The number of aromatic nitrogens is 2. The third-order valence-electron chi connectivity index (χ3n) is 11.1. The fourth-order valence-corrected chi connectivity index (χ4v) is 8.42. The summed E-state index contributed by atoms with van der Waals surface area (Å²) in [6.45, 7) is 1.66. The molecule has 8 aromatic rings. The molecule has 0 spiro atoms. The summed E-state index contributed by atoms with van der Waals surface area (Å²) >= 11 is 0. The molecule has 1 N–H and O–H groups in total. The summed E-state index contributed by atoms with van der Waals surface area (Å²) in [4.78, 5) is 4.53. The summed E-state index contributed by atoms with van der Waals surface area (Å²) < 4.78 is 1.69. The molecule has 0 bridgehead atoms. The minimum atomic E-state index is -2.24. The zero-order valence-corrected chi connectivity index (χ0v) is 30.9. The van der Waals surface area contributed by atoms with Crippen molar-refractivity contribution in [2.75, 3.05) is 0 Å². The van der Waals surface area contributed by atoms with Crippen LogP contribution in [0, 0.1) is 5.11 Å². The van der Waals surface area contributed by atoms with E-state index in [1.807, 2.05) is 66.7 Å². The van der Waals surface area contributed by atoms with E-state index in [2.05, 4.69) is 35.3 Å². The topological polar surface area (TPSA) is 38.0 Å². The summed E-state index contributed by atoms with van der Waals surface area (Å²) in [5.74, 6) is 0.0406. The second kappa shape index (κ2) is 13.4. The first-order chi connectivity index (χ1) is 27.2. The predicted octanol–water partition coefficient (Wildman–Crippen LogP) is 2.19. The normalized spacial score (nSPS) is 13.3. The molecule has 1 heterocycles.